The number of aromatic hydroxyl groups is 1. The first-order chi connectivity index (χ1) is 12.1. The molecule has 0 saturated heterocycles. The molecular formula is C19H24N2O4. The van der Waals surface area contributed by atoms with Crippen molar-refractivity contribution in [2.45, 2.75) is 26.3 Å². The molecule has 3 N–H and O–H groups in total. The maximum Gasteiger partial charge on any atom is 0.157 e. The maximum absolute atomic E-state index is 11.2. The number of carbonyl (C=O) groups excluding carboxylic acids is 1. The lowest BCUT2D eigenvalue weighted by Gasteiger charge is -2.25. The van der Waals surface area contributed by atoms with Crippen LogP contribution in [0.4, 0.5) is 0 Å². The Balaban J connectivity index is 2.26. The normalized spacial score (nSPS) is 15.2. The molecule has 0 fully saturated rings. The van der Waals surface area contributed by atoms with Gasteiger partial charge in [-0.05, 0) is 44.1 Å². The van der Waals surface area contributed by atoms with E-state index in [-0.39, 0.29) is 24.0 Å². The zero-order valence-electron chi connectivity index (χ0n) is 14.5. The van der Waals surface area contributed by atoms with Gasteiger partial charge in [0.2, 0.25) is 0 Å². The minimum absolute atomic E-state index is 0.0976. The van der Waals surface area contributed by atoms with Crippen LogP contribution < -0.4 is 10.1 Å². The Labute approximate surface area is 147 Å². The minimum Gasteiger partial charge on any atom is -0.507 e. The quantitative estimate of drug-likeness (QED) is 0.498. The molecule has 0 bridgehead atoms. The van der Waals surface area contributed by atoms with Gasteiger partial charge in [0, 0.05) is 23.5 Å². The van der Waals surface area contributed by atoms with Crippen molar-refractivity contribution in [1.29, 1.82) is 5.41 Å². The molecule has 1 aromatic rings. The number of phenolic OH excluding ortho intramolecular Hbond substituents is 1. The molecular weight excluding hydrogens is 320 g/mol. The third-order valence-corrected chi connectivity index (χ3v) is 3.80. The predicted molar refractivity (Wildman–Crippen MR) is 96.6 cm³/mol. The highest BCUT2D eigenvalue weighted by Crippen LogP contribution is 2.27. The summed E-state index contributed by atoms with van der Waals surface area (Å²) in [5.74, 6) is 0.252. The fraction of sp³-hybridized carbons (Fsp3) is 0.368. The highest BCUT2D eigenvalue weighted by Gasteiger charge is 2.18. The SMILES string of the molecule is CC(C)N/C(=C\C=N)C1=C(COc2cccc(O)c2C=O)CCOC1. The molecule has 0 radical (unpaired) electrons. The summed E-state index contributed by atoms with van der Waals surface area (Å²) >= 11 is 0. The second-order valence-electron chi connectivity index (χ2n) is 6.03. The molecule has 1 aromatic carbocycles. The van der Waals surface area contributed by atoms with Crippen LogP contribution >= 0.6 is 0 Å². The smallest absolute Gasteiger partial charge is 0.157 e. The predicted octanol–water partition coefficient (Wildman–Crippen LogP) is 2.83. The summed E-state index contributed by atoms with van der Waals surface area (Å²) in [7, 11) is 0. The molecule has 0 aliphatic carbocycles. The summed E-state index contributed by atoms with van der Waals surface area (Å²) in [6, 6.07) is 4.96. The number of hydrogen-bond acceptors (Lipinski definition) is 6. The highest BCUT2D eigenvalue weighted by atomic mass is 16.5. The summed E-state index contributed by atoms with van der Waals surface area (Å²) in [5, 5.41) is 20.5. The molecule has 1 aliphatic heterocycles. The van der Waals surface area contributed by atoms with Crippen LogP contribution in [0.1, 0.15) is 30.6 Å². The third-order valence-electron chi connectivity index (χ3n) is 3.80. The van der Waals surface area contributed by atoms with Gasteiger partial charge in [-0.3, -0.25) is 4.79 Å². The summed E-state index contributed by atoms with van der Waals surface area (Å²) in [4.78, 5) is 11.2. The fourth-order valence-electron chi connectivity index (χ4n) is 2.62. The first kappa shape index (κ1) is 18.7. The second-order valence-corrected chi connectivity index (χ2v) is 6.03. The van der Waals surface area contributed by atoms with Crippen LogP contribution in [0.3, 0.4) is 0 Å². The van der Waals surface area contributed by atoms with Crippen LogP contribution in [0.5, 0.6) is 11.5 Å². The molecule has 2 rings (SSSR count). The zero-order chi connectivity index (χ0) is 18.2. The first-order valence-electron chi connectivity index (χ1n) is 8.23. The average molecular weight is 344 g/mol. The van der Waals surface area contributed by atoms with E-state index in [1.807, 2.05) is 13.8 Å². The molecule has 0 unspecified atom stereocenters. The Morgan fingerprint density at radius 1 is 1.48 bits per heavy atom. The number of allylic oxidation sites excluding steroid dienone is 1. The Morgan fingerprint density at radius 2 is 2.28 bits per heavy atom. The Bertz CT molecular complexity index is 693. The van der Waals surface area contributed by atoms with Gasteiger partial charge in [-0.1, -0.05) is 6.07 Å². The number of benzene rings is 1. The molecule has 1 heterocycles. The summed E-state index contributed by atoms with van der Waals surface area (Å²) in [6.07, 6.45) is 4.24. The number of carbonyl (C=O) groups is 1. The molecule has 25 heavy (non-hydrogen) atoms. The molecule has 0 atom stereocenters. The summed E-state index contributed by atoms with van der Waals surface area (Å²) < 4.78 is 11.4. The van der Waals surface area contributed by atoms with E-state index in [4.69, 9.17) is 14.9 Å². The van der Waals surface area contributed by atoms with Gasteiger partial charge < -0.3 is 25.3 Å². The van der Waals surface area contributed by atoms with E-state index in [1.54, 1.807) is 18.2 Å². The van der Waals surface area contributed by atoms with Gasteiger partial charge >= 0.3 is 0 Å². The molecule has 6 heteroatoms. The topological polar surface area (TPSA) is 91.6 Å². The molecule has 1 aliphatic rings. The van der Waals surface area contributed by atoms with Crippen molar-refractivity contribution in [3.05, 3.63) is 46.7 Å². The van der Waals surface area contributed by atoms with Crippen molar-refractivity contribution in [3.63, 3.8) is 0 Å². The van der Waals surface area contributed by atoms with Gasteiger partial charge in [-0.2, -0.15) is 0 Å². The monoisotopic (exact) mass is 344 g/mol. The molecule has 0 aromatic heterocycles. The van der Waals surface area contributed by atoms with E-state index >= 15 is 0 Å². The van der Waals surface area contributed by atoms with Crippen LogP contribution in [0.15, 0.2) is 41.1 Å². The van der Waals surface area contributed by atoms with E-state index in [0.717, 1.165) is 16.8 Å². The van der Waals surface area contributed by atoms with Gasteiger partial charge in [-0.25, -0.2) is 0 Å². The van der Waals surface area contributed by atoms with Crippen LogP contribution in [-0.2, 0) is 4.74 Å². The van der Waals surface area contributed by atoms with Gasteiger partial charge in [-0.15, -0.1) is 0 Å². The van der Waals surface area contributed by atoms with E-state index in [1.165, 1.54) is 12.3 Å². The number of rotatable bonds is 8. The molecule has 6 nitrogen and oxygen atoms in total. The second kappa shape index (κ2) is 9.03. The van der Waals surface area contributed by atoms with Crippen LogP contribution in [0, 0.1) is 5.41 Å². The Hall–Kier alpha value is -2.60. The number of aldehydes is 1. The van der Waals surface area contributed by atoms with E-state index < -0.39 is 0 Å². The van der Waals surface area contributed by atoms with Crippen molar-refractivity contribution in [3.8, 4) is 11.5 Å². The number of hydrogen-bond donors (Lipinski definition) is 3. The number of phenols is 1. The number of nitrogens with one attached hydrogen (secondary N) is 2. The van der Waals surface area contributed by atoms with Gasteiger partial charge in [0.15, 0.2) is 6.29 Å². The van der Waals surface area contributed by atoms with Crippen LogP contribution in [0.25, 0.3) is 0 Å². The van der Waals surface area contributed by atoms with Crippen molar-refractivity contribution in [2.75, 3.05) is 19.8 Å². The van der Waals surface area contributed by atoms with Crippen molar-refractivity contribution < 1.29 is 19.4 Å². The average Bonchev–Trinajstić information content (AvgIpc) is 2.59. The molecule has 0 spiro atoms. The van der Waals surface area contributed by atoms with Gasteiger partial charge in [0.25, 0.3) is 0 Å². The van der Waals surface area contributed by atoms with Gasteiger partial charge in [0.05, 0.1) is 18.8 Å². The maximum atomic E-state index is 11.2. The highest BCUT2D eigenvalue weighted by molar-refractivity contribution is 5.83. The number of ether oxygens (including phenoxy) is 2. The van der Waals surface area contributed by atoms with Crippen molar-refractivity contribution in [1.82, 2.24) is 5.32 Å². The van der Waals surface area contributed by atoms with Crippen molar-refractivity contribution in [2.24, 2.45) is 0 Å². The molecule has 134 valence electrons. The fourth-order valence-corrected chi connectivity index (χ4v) is 2.62. The summed E-state index contributed by atoms with van der Waals surface area (Å²) in [5.41, 5.74) is 3.01. The third kappa shape index (κ3) is 4.93. The van der Waals surface area contributed by atoms with E-state index in [0.29, 0.717) is 31.7 Å². The lowest BCUT2D eigenvalue weighted by molar-refractivity contribution is 0.111. The largest absolute Gasteiger partial charge is 0.507 e. The van der Waals surface area contributed by atoms with Gasteiger partial charge in [0.1, 0.15) is 18.1 Å². The first-order valence-corrected chi connectivity index (χ1v) is 8.23. The zero-order valence-corrected chi connectivity index (χ0v) is 14.5. The van der Waals surface area contributed by atoms with E-state index in [9.17, 15) is 9.90 Å². The van der Waals surface area contributed by atoms with E-state index in [2.05, 4.69) is 5.32 Å². The van der Waals surface area contributed by atoms with Crippen LogP contribution in [-0.4, -0.2) is 43.5 Å². The lowest BCUT2D eigenvalue weighted by atomic mass is 10.0. The summed E-state index contributed by atoms with van der Waals surface area (Å²) in [6.45, 7) is 5.39. The Morgan fingerprint density at radius 3 is 2.96 bits per heavy atom. The van der Waals surface area contributed by atoms with Crippen LogP contribution in [0.2, 0.25) is 0 Å². The minimum atomic E-state index is -0.0976. The molecule has 0 amide bonds. The molecule has 0 saturated carbocycles. The standard InChI is InChI=1S/C19H24N2O4/c1-13(2)21-17(6-8-20)16-12-24-9-7-14(16)11-25-19-5-3-4-18(23)15(19)10-22/h3-6,8,10,13,20-21,23H,7,9,11-12H2,1-2H3/b17-6-,20-8?. The Kier molecular flexibility index (Phi) is 6.77. The van der Waals surface area contributed by atoms with Crippen molar-refractivity contribution >= 4 is 12.5 Å². The lowest BCUT2D eigenvalue weighted by Crippen LogP contribution is -2.28.